The number of hydrogen-bond acceptors (Lipinski definition) is 0. The molecule has 0 aliphatic heterocycles. The van der Waals surface area contributed by atoms with Gasteiger partial charge in [-0.15, -0.1) is 0 Å². The topological polar surface area (TPSA) is 0 Å². The molecule has 0 spiro atoms. The zero-order valence-corrected chi connectivity index (χ0v) is 15.7. The van der Waals surface area contributed by atoms with Gasteiger partial charge in [-0.3, -0.25) is 0 Å². The van der Waals surface area contributed by atoms with E-state index in [4.69, 9.17) is 0 Å². The van der Waals surface area contributed by atoms with E-state index < -0.39 is 0 Å². The maximum atomic E-state index is 2.39. The molecular formula is C28H20. The van der Waals surface area contributed by atoms with Gasteiger partial charge in [0, 0.05) is 0 Å². The van der Waals surface area contributed by atoms with E-state index in [9.17, 15) is 0 Å². The molecule has 0 atom stereocenters. The first-order valence-electron chi connectivity index (χ1n) is 10.0. The molecule has 28 heavy (non-hydrogen) atoms. The number of allylic oxidation sites excluding steroid dienone is 4. The van der Waals surface area contributed by atoms with Crippen LogP contribution < -0.4 is 0 Å². The summed E-state index contributed by atoms with van der Waals surface area (Å²) in [5.41, 5.74) is 5.30. The van der Waals surface area contributed by atoms with Gasteiger partial charge in [0.15, 0.2) is 0 Å². The molecule has 6 rings (SSSR count). The second kappa shape index (κ2) is 6.07. The second-order valence-corrected chi connectivity index (χ2v) is 7.66. The van der Waals surface area contributed by atoms with Crippen LogP contribution in [0.3, 0.4) is 0 Å². The summed E-state index contributed by atoms with van der Waals surface area (Å²) in [5, 5.41) is 8.13. The fraction of sp³-hybridized carbons (Fsp3) is 0.0714. The van der Waals surface area contributed by atoms with Crippen molar-refractivity contribution in [2.24, 2.45) is 0 Å². The highest BCUT2D eigenvalue weighted by atomic mass is 14.2. The van der Waals surface area contributed by atoms with Crippen molar-refractivity contribution in [2.45, 2.75) is 12.8 Å². The molecule has 132 valence electrons. The monoisotopic (exact) mass is 356 g/mol. The van der Waals surface area contributed by atoms with Crippen LogP contribution in [0.1, 0.15) is 18.4 Å². The van der Waals surface area contributed by atoms with Gasteiger partial charge in [-0.2, -0.15) is 0 Å². The fourth-order valence-electron chi connectivity index (χ4n) is 4.76. The first kappa shape index (κ1) is 15.7. The molecule has 0 unspecified atom stereocenters. The van der Waals surface area contributed by atoms with Gasteiger partial charge in [-0.25, -0.2) is 0 Å². The quantitative estimate of drug-likeness (QED) is 0.281. The Bertz CT molecular complexity index is 1380. The zero-order valence-electron chi connectivity index (χ0n) is 15.7. The Kier molecular flexibility index (Phi) is 3.39. The van der Waals surface area contributed by atoms with E-state index in [2.05, 4.69) is 97.1 Å². The van der Waals surface area contributed by atoms with Crippen molar-refractivity contribution in [3.63, 3.8) is 0 Å². The Labute approximate surface area is 164 Å². The largest absolute Gasteiger partial charge is 0.0836 e. The third-order valence-corrected chi connectivity index (χ3v) is 6.01. The van der Waals surface area contributed by atoms with Crippen LogP contribution in [0, 0.1) is 0 Å². The van der Waals surface area contributed by atoms with Crippen molar-refractivity contribution in [3.05, 3.63) is 103 Å². The van der Waals surface area contributed by atoms with Crippen LogP contribution in [-0.2, 0) is 0 Å². The van der Waals surface area contributed by atoms with Gasteiger partial charge in [0.05, 0.1) is 0 Å². The smallest absolute Gasteiger partial charge is 0.00143 e. The zero-order chi connectivity index (χ0) is 18.5. The maximum absolute atomic E-state index is 2.39. The summed E-state index contributed by atoms with van der Waals surface area (Å²) in [6, 6.07) is 29.0. The molecule has 5 aromatic carbocycles. The summed E-state index contributed by atoms with van der Waals surface area (Å²) < 4.78 is 0. The van der Waals surface area contributed by atoms with Crippen LogP contribution in [0.2, 0.25) is 0 Å². The molecule has 0 saturated heterocycles. The van der Waals surface area contributed by atoms with Crippen LogP contribution in [0.25, 0.3) is 49.0 Å². The molecule has 0 radical (unpaired) electrons. The van der Waals surface area contributed by atoms with Crippen molar-refractivity contribution >= 4 is 37.9 Å². The van der Waals surface area contributed by atoms with Crippen molar-refractivity contribution in [1.82, 2.24) is 0 Å². The van der Waals surface area contributed by atoms with Gasteiger partial charge < -0.3 is 0 Å². The van der Waals surface area contributed by atoms with Gasteiger partial charge >= 0.3 is 0 Å². The summed E-state index contributed by atoms with van der Waals surface area (Å²) >= 11 is 0. The van der Waals surface area contributed by atoms with Crippen molar-refractivity contribution in [1.29, 1.82) is 0 Å². The van der Waals surface area contributed by atoms with E-state index in [-0.39, 0.29) is 0 Å². The second-order valence-electron chi connectivity index (χ2n) is 7.66. The van der Waals surface area contributed by atoms with E-state index in [0.717, 1.165) is 12.8 Å². The molecule has 0 nitrogen and oxygen atoms in total. The molecule has 0 bridgehead atoms. The molecule has 0 heteroatoms. The Balaban J connectivity index is 1.81. The molecule has 5 aromatic rings. The minimum absolute atomic E-state index is 1.13. The number of benzene rings is 5. The van der Waals surface area contributed by atoms with Crippen molar-refractivity contribution in [2.75, 3.05) is 0 Å². The summed E-state index contributed by atoms with van der Waals surface area (Å²) in [6.45, 7) is 0. The molecule has 1 aliphatic carbocycles. The SMILES string of the molecule is C1=CC(c2cc3cccc4cc(-c5ccccc5)c5cccc2c5c34)=CCC1. The number of hydrogen-bond donors (Lipinski definition) is 0. The first-order valence-corrected chi connectivity index (χ1v) is 10.0. The van der Waals surface area contributed by atoms with E-state index in [0.29, 0.717) is 0 Å². The lowest BCUT2D eigenvalue weighted by molar-refractivity contribution is 1.04. The summed E-state index contributed by atoms with van der Waals surface area (Å²) in [6.07, 6.45) is 9.25. The molecule has 0 aromatic heterocycles. The lowest BCUT2D eigenvalue weighted by Crippen LogP contribution is -1.93. The van der Waals surface area contributed by atoms with Crippen LogP contribution in [0.4, 0.5) is 0 Å². The lowest BCUT2D eigenvalue weighted by Gasteiger charge is -2.19. The Morgan fingerprint density at radius 3 is 2.04 bits per heavy atom. The van der Waals surface area contributed by atoms with Crippen molar-refractivity contribution in [3.8, 4) is 11.1 Å². The van der Waals surface area contributed by atoms with Crippen molar-refractivity contribution < 1.29 is 0 Å². The van der Waals surface area contributed by atoms with Gasteiger partial charge in [-0.05, 0) is 79.6 Å². The summed E-state index contributed by atoms with van der Waals surface area (Å²) in [4.78, 5) is 0. The van der Waals surface area contributed by atoms with Crippen LogP contribution >= 0.6 is 0 Å². The van der Waals surface area contributed by atoms with Gasteiger partial charge in [-0.1, -0.05) is 85.0 Å². The van der Waals surface area contributed by atoms with E-state index in [1.165, 1.54) is 54.6 Å². The van der Waals surface area contributed by atoms with Crippen LogP contribution in [-0.4, -0.2) is 0 Å². The Morgan fingerprint density at radius 2 is 1.29 bits per heavy atom. The molecule has 0 heterocycles. The highest BCUT2D eigenvalue weighted by molar-refractivity contribution is 6.28. The first-order chi connectivity index (χ1) is 13.9. The summed E-state index contributed by atoms with van der Waals surface area (Å²) in [7, 11) is 0. The molecule has 0 fully saturated rings. The standard InChI is InChI=1S/C28H20/c1-3-9-19(10-4-1)25-17-21-13-7-14-22-18-26(20-11-5-2-6-12-20)24-16-8-15-23(25)28(24)27(21)22/h1,3-5,7-18H,2,6H2. The van der Waals surface area contributed by atoms with Crippen LogP contribution in [0.15, 0.2) is 97.1 Å². The maximum Gasteiger partial charge on any atom is -0.00143 e. The third-order valence-electron chi connectivity index (χ3n) is 6.01. The van der Waals surface area contributed by atoms with Gasteiger partial charge in [0.1, 0.15) is 0 Å². The minimum atomic E-state index is 1.13. The van der Waals surface area contributed by atoms with Crippen LogP contribution in [0.5, 0.6) is 0 Å². The van der Waals surface area contributed by atoms with Gasteiger partial charge in [0.25, 0.3) is 0 Å². The third kappa shape index (κ3) is 2.25. The summed E-state index contributed by atoms with van der Waals surface area (Å²) in [5.74, 6) is 0. The number of rotatable bonds is 2. The highest BCUT2D eigenvalue weighted by Crippen LogP contribution is 2.43. The normalized spacial score (nSPS) is 14.2. The molecular weight excluding hydrogens is 336 g/mol. The Morgan fingerprint density at radius 1 is 0.571 bits per heavy atom. The highest BCUT2D eigenvalue weighted by Gasteiger charge is 2.16. The predicted molar refractivity (Wildman–Crippen MR) is 122 cm³/mol. The van der Waals surface area contributed by atoms with E-state index >= 15 is 0 Å². The lowest BCUT2D eigenvalue weighted by atomic mass is 9.85. The minimum Gasteiger partial charge on any atom is -0.0836 e. The molecule has 1 aliphatic rings. The molecule has 0 saturated carbocycles. The van der Waals surface area contributed by atoms with E-state index in [1.54, 1.807) is 0 Å². The average molecular weight is 356 g/mol. The predicted octanol–water partition coefficient (Wildman–Crippen LogP) is 7.98. The van der Waals surface area contributed by atoms with Gasteiger partial charge in [0.2, 0.25) is 0 Å². The molecule has 0 amide bonds. The van der Waals surface area contributed by atoms with E-state index in [1.807, 2.05) is 0 Å². The fourth-order valence-corrected chi connectivity index (χ4v) is 4.76. The molecule has 0 N–H and O–H groups in total. The Hall–Kier alpha value is -3.38. The average Bonchev–Trinajstić information content (AvgIpc) is 2.78.